The molecule has 0 atom stereocenters. The number of rotatable bonds is 5. The number of carbonyl (C=O) groups is 2. The van der Waals surface area contributed by atoms with Crippen molar-refractivity contribution in [3.8, 4) is 0 Å². The number of carbonyl (C=O) groups excluding carboxylic acids is 2. The molecule has 0 aliphatic rings. The Morgan fingerprint density at radius 2 is 1.87 bits per heavy atom. The third kappa shape index (κ3) is 3.84. The van der Waals surface area contributed by atoms with Crippen molar-refractivity contribution in [2.45, 2.75) is 11.8 Å². The molecule has 1 N–H and O–H groups in total. The van der Waals surface area contributed by atoms with E-state index >= 15 is 0 Å². The fraction of sp³-hybridized carbons (Fsp3) is 0.200. The Hall–Kier alpha value is -2.03. The van der Waals surface area contributed by atoms with E-state index in [0.717, 1.165) is 15.6 Å². The minimum atomic E-state index is -3.56. The van der Waals surface area contributed by atoms with Gasteiger partial charge in [0.2, 0.25) is 10.0 Å². The molecule has 8 heteroatoms. The van der Waals surface area contributed by atoms with Crippen LogP contribution >= 0.6 is 11.3 Å². The molecule has 0 unspecified atom stereocenters. The summed E-state index contributed by atoms with van der Waals surface area (Å²) < 4.78 is 25.1. The normalized spacial score (nSPS) is 11.5. The topological polar surface area (TPSA) is 83.5 Å². The number of nitrogens with zero attached hydrogens (tertiary/aromatic N) is 1. The molecule has 23 heavy (non-hydrogen) atoms. The van der Waals surface area contributed by atoms with Crippen molar-refractivity contribution in [3.63, 3.8) is 0 Å². The number of thiophene rings is 1. The first-order valence-electron chi connectivity index (χ1n) is 6.65. The van der Waals surface area contributed by atoms with E-state index in [2.05, 4.69) is 5.32 Å². The Kier molecular flexibility index (Phi) is 4.98. The standard InChI is InChI=1S/C15H16N2O4S2/c1-10(18)11-5-4-6-12(7-11)16-15(19)14-8-13(9-22-14)23(20,21)17(2)3/h4-9H,1-3H3,(H,16,19). The van der Waals surface area contributed by atoms with Crippen LogP contribution in [0, 0.1) is 0 Å². The summed E-state index contributed by atoms with van der Waals surface area (Å²) in [5, 5.41) is 4.09. The predicted octanol–water partition coefficient (Wildman–Crippen LogP) is 2.45. The number of amides is 1. The number of nitrogens with one attached hydrogen (secondary N) is 1. The number of Topliss-reactive ketones (excluding diaryl/α,β-unsaturated/α-hetero) is 1. The molecule has 122 valence electrons. The molecular formula is C15H16N2O4S2. The smallest absolute Gasteiger partial charge is 0.265 e. The van der Waals surface area contributed by atoms with Gasteiger partial charge in [0, 0.05) is 30.7 Å². The number of hydrogen-bond acceptors (Lipinski definition) is 5. The summed E-state index contributed by atoms with van der Waals surface area (Å²) in [5.41, 5.74) is 0.970. The Morgan fingerprint density at radius 3 is 2.48 bits per heavy atom. The molecule has 0 aliphatic carbocycles. The molecule has 2 rings (SSSR count). The average molecular weight is 352 g/mol. The Balaban J connectivity index is 2.21. The zero-order chi connectivity index (χ0) is 17.2. The van der Waals surface area contributed by atoms with Gasteiger partial charge >= 0.3 is 0 Å². The lowest BCUT2D eigenvalue weighted by atomic mass is 10.1. The number of sulfonamides is 1. The molecule has 0 saturated carbocycles. The summed E-state index contributed by atoms with van der Waals surface area (Å²) in [6, 6.07) is 7.90. The van der Waals surface area contributed by atoms with Crippen LogP contribution in [0.15, 0.2) is 40.6 Å². The van der Waals surface area contributed by atoms with Crippen LogP contribution in [0.25, 0.3) is 0 Å². The van der Waals surface area contributed by atoms with Crippen LogP contribution in [-0.2, 0) is 10.0 Å². The van der Waals surface area contributed by atoms with Gasteiger partial charge in [-0.2, -0.15) is 0 Å². The van der Waals surface area contributed by atoms with E-state index in [9.17, 15) is 18.0 Å². The highest BCUT2D eigenvalue weighted by molar-refractivity contribution is 7.89. The number of anilines is 1. The summed E-state index contributed by atoms with van der Waals surface area (Å²) >= 11 is 1.05. The van der Waals surface area contributed by atoms with Gasteiger partial charge in [-0.05, 0) is 25.1 Å². The first kappa shape index (κ1) is 17.3. The molecule has 0 aliphatic heterocycles. The predicted molar refractivity (Wildman–Crippen MR) is 89.6 cm³/mol. The van der Waals surface area contributed by atoms with Crippen LogP contribution in [0.5, 0.6) is 0 Å². The van der Waals surface area contributed by atoms with E-state index in [1.165, 1.54) is 32.5 Å². The molecule has 0 saturated heterocycles. The minimum absolute atomic E-state index is 0.0788. The van der Waals surface area contributed by atoms with Gasteiger partial charge in [-0.1, -0.05) is 12.1 Å². The van der Waals surface area contributed by atoms with E-state index in [1.807, 2.05) is 0 Å². The third-order valence-corrected chi connectivity index (χ3v) is 5.98. The quantitative estimate of drug-likeness (QED) is 0.838. The largest absolute Gasteiger partial charge is 0.321 e. The van der Waals surface area contributed by atoms with Gasteiger partial charge in [0.05, 0.1) is 9.77 Å². The summed E-state index contributed by atoms with van der Waals surface area (Å²) in [5.74, 6) is -0.521. The number of hydrogen-bond donors (Lipinski definition) is 1. The third-order valence-electron chi connectivity index (χ3n) is 3.10. The monoisotopic (exact) mass is 352 g/mol. The van der Waals surface area contributed by atoms with Gasteiger partial charge in [0.1, 0.15) is 0 Å². The van der Waals surface area contributed by atoms with Gasteiger partial charge in [0.15, 0.2) is 5.78 Å². The lowest BCUT2D eigenvalue weighted by Crippen LogP contribution is -2.21. The van der Waals surface area contributed by atoms with Gasteiger partial charge in [-0.15, -0.1) is 11.3 Å². The summed E-state index contributed by atoms with van der Waals surface area (Å²) in [6.07, 6.45) is 0. The lowest BCUT2D eigenvalue weighted by molar-refractivity contribution is 0.101. The van der Waals surface area contributed by atoms with E-state index < -0.39 is 15.9 Å². The molecule has 1 aromatic carbocycles. The molecule has 0 radical (unpaired) electrons. The van der Waals surface area contributed by atoms with Gasteiger partial charge in [-0.3, -0.25) is 9.59 Å². The molecule has 2 aromatic rings. The van der Waals surface area contributed by atoms with Gasteiger partial charge < -0.3 is 5.32 Å². The lowest BCUT2D eigenvalue weighted by Gasteiger charge is -2.08. The van der Waals surface area contributed by atoms with Crippen LogP contribution in [0.2, 0.25) is 0 Å². The van der Waals surface area contributed by atoms with Crippen molar-refractivity contribution < 1.29 is 18.0 Å². The highest BCUT2D eigenvalue weighted by Gasteiger charge is 2.21. The van der Waals surface area contributed by atoms with Crippen LogP contribution < -0.4 is 5.32 Å². The number of ketones is 1. The molecule has 6 nitrogen and oxygen atoms in total. The summed E-state index contributed by atoms with van der Waals surface area (Å²) in [7, 11) is -0.700. The maximum absolute atomic E-state index is 12.2. The molecule has 0 fully saturated rings. The first-order chi connectivity index (χ1) is 10.7. The minimum Gasteiger partial charge on any atom is -0.321 e. The van der Waals surface area contributed by atoms with Crippen molar-refractivity contribution in [1.82, 2.24) is 4.31 Å². The van der Waals surface area contributed by atoms with Gasteiger partial charge in [0.25, 0.3) is 5.91 Å². The highest BCUT2D eigenvalue weighted by Crippen LogP contribution is 2.22. The van der Waals surface area contributed by atoms with E-state index in [1.54, 1.807) is 24.3 Å². The van der Waals surface area contributed by atoms with E-state index in [4.69, 9.17) is 0 Å². The Labute approximate surface area is 138 Å². The SMILES string of the molecule is CC(=O)c1cccc(NC(=O)c2cc(S(=O)(=O)N(C)C)cs2)c1. The van der Waals surface area contributed by atoms with Crippen LogP contribution in [0.1, 0.15) is 27.0 Å². The average Bonchev–Trinajstić information content (AvgIpc) is 2.98. The van der Waals surface area contributed by atoms with Crippen LogP contribution in [0.3, 0.4) is 0 Å². The fourth-order valence-electron chi connectivity index (χ4n) is 1.79. The second-order valence-electron chi connectivity index (χ2n) is 5.03. The first-order valence-corrected chi connectivity index (χ1v) is 8.97. The Bertz CT molecular complexity index is 854. The molecule has 1 aromatic heterocycles. The van der Waals surface area contributed by atoms with Crippen LogP contribution in [0.4, 0.5) is 5.69 Å². The fourth-order valence-corrected chi connectivity index (χ4v) is 3.85. The van der Waals surface area contributed by atoms with Crippen molar-refractivity contribution in [2.75, 3.05) is 19.4 Å². The van der Waals surface area contributed by atoms with Gasteiger partial charge in [-0.25, -0.2) is 12.7 Å². The zero-order valence-electron chi connectivity index (χ0n) is 12.9. The Morgan fingerprint density at radius 1 is 1.17 bits per heavy atom. The summed E-state index contributed by atoms with van der Waals surface area (Å²) in [6.45, 7) is 1.44. The van der Waals surface area contributed by atoms with Crippen molar-refractivity contribution >= 4 is 38.7 Å². The van der Waals surface area contributed by atoms with Crippen molar-refractivity contribution in [2.24, 2.45) is 0 Å². The molecule has 0 spiro atoms. The van der Waals surface area contributed by atoms with E-state index in [0.29, 0.717) is 11.3 Å². The van der Waals surface area contributed by atoms with Crippen LogP contribution in [-0.4, -0.2) is 38.5 Å². The molecule has 1 heterocycles. The second kappa shape index (κ2) is 6.61. The summed E-state index contributed by atoms with van der Waals surface area (Å²) in [4.78, 5) is 23.9. The second-order valence-corrected chi connectivity index (χ2v) is 8.09. The van der Waals surface area contributed by atoms with Crippen molar-refractivity contribution in [1.29, 1.82) is 0 Å². The highest BCUT2D eigenvalue weighted by atomic mass is 32.2. The molecule has 0 bridgehead atoms. The van der Waals surface area contributed by atoms with Crippen molar-refractivity contribution in [3.05, 3.63) is 46.2 Å². The molecular weight excluding hydrogens is 336 g/mol. The maximum Gasteiger partial charge on any atom is 0.265 e. The number of benzene rings is 1. The zero-order valence-corrected chi connectivity index (χ0v) is 14.5. The maximum atomic E-state index is 12.2. The molecule has 1 amide bonds. The van der Waals surface area contributed by atoms with E-state index in [-0.39, 0.29) is 15.6 Å².